The highest BCUT2D eigenvalue weighted by Gasteiger charge is 2.04. The minimum absolute atomic E-state index is 0.235. The third kappa shape index (κ3) is 4.15. The summed E-state index contributed by atoms with van der Waals surface area (Å²) in [5.74, 6) is 0. The van der Waals surface area contributed by atoms with Crippen LogP contribution in [-0.2, 0) is 18.9 Å². The van der Waals surface area contributed by atoms with Crippen molar-refractivity contribution in [3.05, 3.63) is 0 Å². The number of hydrogen-bond acceptors (Lipinski definition) is 5. The monoisotopic (exact) mass is 176 g/mol. The lowest BCUT2D eigenvalue weighted by atomic mass is 10.7. The van der Waals surface area contributed by atoms with Gasteiger partial charge in [0.25, 0.3) is 0 Å². The van der Waals surface area contributed by atoms with Crippen molar-refractivity contribution < 1.29 is 23.7 Å². The van der Waals surface area contributed by atoms with Gasteiger partial charge in [-0.2, -0.15) is 0 Å². The van der Waals surface area contributed by atoms with Crippen LogP contribution in [0, 0.1) is 0 Å². The van der Waals surface area contributed by atoms with Crippen molar-refractivity contribution in [1.29, 1.82) is 0 Å². The van der Waals surface area contributed by atoms with Gasteiger partial charge in [0, 0.05) is 0 Å². The molecule has 0 aromatic rings. The predicted octanol–water partition coefficient (Wildman–Crippen LogP) is 0.186. The van der Waals surface area contributed by atoms with Crippen LogP contribution >= 0.6 is 0 Å². The fraction of sp³-hybridized carbons (Fsp3) is 0.857. The van der Waals surface area contributed by atoms with Crippen LogP contribution < -0.4 is 0 Å². The summed E-state index contributed by atoms with van der Waals surface area (Å²) in [7, 11) is 0. The van der Waals surface area contributed by atoms with Gasteiger partial charge in [0.15, 0.2) is 0 Å². The van der Waals surface area contributed by atoms with Gasteiger partial charge in [-0.3, -0.25) is 0 Å². The second-order valence-corrected chi connectivity index (χ2v) is 2.17. The Bertz CT molecular complexity index is 122. The van der Waals surface area contributed by atoms with Gasteiger partial charge in [0.05, 0.1) is 26.4 Å². The molecule has 0 aromatic heterocycles. The molecule has 0 amide bonds. The average Bonchev–Trinajstić information content (AvgIpc) is 2.11. The molecule has 5 heteroatoms. The maximum atomic E-state index is 10.7. The summed E-state index contributed by atoms with van der Waals surface area (Å²) in [4.78, 5) is 10.7. The molecule has 0 spiro atoms. The van der Waals surface area contributed by atoms with Gasteiger partial charge in [0.1, 0.15) is 13.2 Å². The molecule has 0 aromatic carbocycles. The lowest BCUT2D eigenvalue weighted by Crippen LogP contribution is -2.13. The Balaban J connectivity index is 2.17. The van der Waals surface area contributed by atoms with Crippen molar-refractivity contribution in [3.63, 3.8) is 0 Å². The van der Waals surface area contributed by atoms with Crippen molar-refractivity contribution in [2.45, 2.75) is 0 Å². The van der Waals surface area contributed by atoms with E-state index in [1.54, 1.807) is 0 Å². The van der Waals surface area contributed by atoms with E-state index >= 15 is 0 Å². The molecule has 1 heterocycles. The molecule has 0 radical (unpaired) electrons. The van der Waals surface area contributed by atoms with Gasteiger partial charge in [0.2, 0.25) is 0 Å². The molecule has 0 N–H and O–H groups in total. The summed E-state index contributed by atoms with van der Waals surface area (Å²) in [6.07, 6.45) is -0.663. The molecular formula is C7H12O5. The standard InChI is InChI=1S/C7H12O5/c8-7-11-5-3-9-1-2-10-4-6-12-7/h1-6H2. The van der Waals surface area contributed by atoms with E-state index in [-0.39, 0.29) is 13.2 Å². The first-order chi connectivity index (χ1) is 5.89. The van der Waals surface area contributed by atoms with Crippen LogP contribution in [-0.4, -0.2) is 45.8 Å². The second kappa shape index (κ2) is 5.79. The molecule has 1 aliphatic rings. The first kappa shape index (κ1) is 9.28. The molecule has 70 valence electrons. The Morgan fingerprint density at radius 2 is 1.17 bits per heavy atom. The van der Waals surface area contributed by atoms with Crippen molar-refractivity contribution in [3.8, 4) is 0 Å². The molecule has 0 unspecified atom stereocenters. The number of cyclic esters (lactones) is 2. The van der Waals surface area contributed by atoms with Crippen LogP contribution in [0.3, 0.4) is 0 Å². The van der Waals surface area contributed by atoms with E-state index in [0.717, 1.165) is 0 Å². The third-order valence-corrected chi connectivity index (χ3v) is 1.27. The topological polar surface area (TPSA) is 54.0 Å². The molecular weight excluding hydrogens is 164 g/mol. The zero-order chi connectivity index (χ0) is 8.65. The lowest BCUT2D eigenvalue weighted by molar-refractivity contribution is 0.0333. The molecule has 0 aliphatic carbocycles. The van der Waals surface area contributed by atoms with Gasteiger partial charge < -0.3 is 18.9 Å². The van der Waals surface area contributed by atoms with Crippen molar-refractivity contribution >= 4 is 6.16 Å². The maximum absolute atomic E-state index is 10.7. The van der Waals surface area contributed by atoms with Crippen LogP contribution in [0.1, 0.15) is 0 Å². The molecule has 5 nitrogen and oxygen atoms in total. The summed E-state index contributed by atoms with van der Waals surface area (Å²) >= 11 is 0. The van der Waals surface area contributed by atoms with E-state index in [1.807, 2.05) is 0 Å². The van der Waals surface area contributed by atoms with E-state index in [9.17, 15) is 4.79 Å². The lowest BCUT2D eigenvalue weighted by Gasteiger charge is -2.03. The SMILES string of the molecule is O=C1OCCOCCOCCO1. The molecule has 1 fully saturated rings. The van der Waals surface area contributed by atoms with E-state index in [2.05, 4.69) is 9.47 Å². The summed E-state index contributed by atoms with van der Waals surface area (Å²) < 4.78 is 19.4. The molecule has 1 aliphatic heterocycles. The smallest absolute Gasteiger partial charge is 0.432 e. The van der Waals surface area contributed by atoms with Gasteiger partial charge >= 0.3 is 6.16 Å². The van der Waals surface area contributed by atoms with Crippen LogP contribution in [0.4, 0.5) is 4.79 Å². The molecule has 0 atom stereocenters. The van der Waals surface area contributed by atoms with Gasteiger partial charge in [-0.25, -0.2) is 4.79 Å². The van der Waals surface area contributed by atoms with Gasteiger partial charge in [-0.1, -0.05) is 0 Å². The Hall–Kier alpha value is -0.810. The van der Waals surface area contributed by atoms with Crippen LogP contribution in [0.15, 0.2) is 0 Å². The summed E-state index contributed by atoms with van der Waals surface area (Å²) in [6, 6.07) is 0. The molecule has 1 saturated heterocycles. The molecule has 1 rings (SSSR count). The molecule has 0 bridgehead atoms. The van der Waals surface area contributed by atoms with Crippen molar-refractivity contribution in [1.82, 2.24) is 0 Å². The van der Waals surface area contributed by atoms with E-state index in [4.69, 9.17) is 9.47 Å². The minimum Gasteiger partial charge on any atom is -0.432 e. The summed E-state index contributed by atoms with van der Waals surface area (Å²) in [5, 5.41) is 0. The van der Waals surface area contributed by atoms with Crippen molar-refractivity contribution in [2.24, 2.45) is 0 Å². The average molecular weight is 176 g/mol. The van der Waals surface area contributed by atoms with Crippen LogP contribution in [0.2, 0.25) is 0 Å². The Kier molecular flexibility index (Phi) is 4.48. The number of carbonyl (C=O) groups excluding carboxylic acids is 1. The summed E-state index contributed by atoms with van der Waals surface area (Å²) in [5.41, 5.74) is 0. The zero-order valence-electron chi connectivity index (χ0n) is 6.78. The zero-order valence-corrected chi connectivity index (χ0v) is 6.78. The quantitative estimate of drug-likeness (QED) is 0.493. The fourth-order valence-corrected chi connectivity index (χ4v) is 0.731. The van der Waals surface area contributed by atoms with Gasteiger partial charge in [-0.15, -0.1) is 0 Å². The van der Waals surface area contributed by atoms with E-state index in [1.165, 1.54) is 0 Å². The third-order valence-electron chi connectivity index (χ3n) is 1.27. The van der Waals surface area contributed by atoms with E-state index < -0.39 is 6.16 Å². The number of hydrogen-bond donors (Lipinski definition) is 0. The number of carbonyl (C=O) groups is 1. The Morgan fingerprint density at radius 1 is 0.750 bits per heavy atom. The fourth-order valence-electron chi connectivity index (χ4n) is 0.731. The first-order valence-electron chi connectivity index (χ1n) is 3.84. The highest BCUT2D eigenvalue weighted by atomic mass is 16.7. The van der Waals surface area contributed by atoms with Gasteiger partial charge in [-0.05, 0) is 0 Å². The molecule has 0 saturated carbocycles. The second-order valence-electron chi connectivity index (χ2n) is 2.17. The normalized spacial score (nSPS) is 21.8. The largest absolute Gasteiger partial charge is 0.508 e. The van der Waals surface area contributed by atoms with Crippen molar-refractivity contribution in [2.75, 3.05) is 39.6 Å². The first-order valence-corrected chi connectivity index (χ1v) is 3.84. The van der Waals surface area contributed by atoms with Crippen LogP contribution in [0.5, 0.6) is 0 Å². The summed E-state index contributed by atoms with van der Waals surface area (Å²) in [6.45, 7) is 2.30. The number of ether oxygens (including phenoxy) is 4. The molecule has 12 heavy (non-hydrogen) atoms. The highest BCUT2D eigenvalue weighted by Crippen LogP contribution is 1.89. The van der Waals surface area contributed by atoms with Crippen LogP contribution in [0.25, 0.3) is 0 Å². The van der Waals surface area contributed by atoms with E-state index in [0.29, 0.717) is 26.4 Å². The maximum Gasteiger partial charge on any atom is 0.508 e. The Morgan fingerprint density at radius 3 is 1.67 bits per heavy atom. The minimum atomic E-state index is -0.663. The Labute approximate surface area is 70.5 Å². The predicted molar refractivity (Wildman–Crippen MR) is 38.9 cm³/mol. The number of rotatable bonds is 0. The highest BCUT2D eigenvalue weighted by molar-refractivity contribution is 5.59.